The number of ether oxygens (including phenoxy) is 3. The van der Waals surface area contributed by atoms with Crippen molar-refractivity contribution in [1.29, 1.82) is 0 Å². The van der Waals surface area contributed by atoms with E-state index in [9.17, 15) is 14.4 Å². The molecule has 4 rings (SSSR count). The third-order valence-corrected chi connectivity index (χ3v) is 5.92. The van der Waals surface area contributed by atoms with Gasteiger partial charge in [0.15, 0.2) is 11.5 Å². The Bertz CT molecular complexity index is 1340. The fraction of sp³-hybridized carbons (Fsp3) is 0.179. The van der Waals surface area contributed by atoms with E-state index in [1.807, 2.05) is 38.1 Å². The zero-order valence-corrected chi connectivity index (χ0v) is 21.9. The minimum Gasteiger partial charge on any atom is -0.490 e. The lowest BCUT2D eigenvalue weighted by Gasteiger charge is -2.26. The van der Waals surface area contributed by atoms with Crippen LogP contribution in [0.5, 0.6) is 17.2 Å². The van der Waals surface area contributed by atoms with Crippen molar-refractivity contribution in [2.75, 3.05) is 18.1 Å². The molecule has 9 heteroatoms. The topological polar surface area (TPSA) is 94.2 Å². The molecule has 0 spiro atoms. The predicted molar refractivity (Wildman–Crippen MR) is 143 cm³/mol. The summed E-state index contributed by atoms with van der Waals surface area (Å²) in [4.78, 5) is 39.3. The van der Waals surface area contributed by atoms with Gasteiger partial charge in [-0.3, -0.25) is 14.9 Å². The number of benzene rings is 3. The first-order valence-electron chi connectivity index (χ1n) is 11.7. The van der Waals surface area contributed by atoms with Crippen molar-refractivity contribution in [2.45, 2.75) is 20.5 Å². The zero-order chi connectivity index (χ0) is 26.4. The van der Waals surface area contributed by atoms with Crippen molar-refractivity contribution in [3.63, 3.8) is 0 Å². The van der Waals surface area contributed by atoms with Crippen molar-refractivity contribution in [3.05, 3.63) is 87.9 Å². The van der Waals surface area contributed by atoms with Crippen LogP contribution in [0.3, 0.4) is 0 Å². The molecule has 3 aromatic rings. The van der Waals surface area contributed by atoms with Gasteiger partial charge in [0, 0.05) is 4.47 Å². The number of carbonyl (C=O) groups excluding carboxylic acids is 3. The Morgan fingerprint density at radius 1 is 0.838 bits per heavy atom. The average Bonchev–Trinajstić information content (AvgIpc) is 2.88. The van der Waals surface area contributed by atoms with Gasteiger partial charge in [-0.25, -0.2) is 9.69 Å². The van der Waals surface area contributed by atoms with E-state index in [2.05, 4.69) is 21.2 Å². The van der Waals surface area contributed by atoms with Crippen LogP contribution in [0.25, 0.3) is 6.08 Å². The van der Waals surface area contributed by atoms with Crippen LogP contribution in [-0.4, -0.2) is 31.1 Å². The monoisotopic (exact) mass is 564 g/mol. The number of imide groups is 2. The minimum atomic E-state index is -0.822. The first kappa shape index (κ1) is 26.0. The van der Waals surface area contributed by atoms with Gasteiger partial charge in [-0.1, -0.05) is 34.1 Å². The highest BCUT2D eigenvalue weighted by Gasteiger charge is 2.36. The number of nitrogens with zero attached hydrogens (tertiary/aromatic N) is 1. The van der Waals surface area contributed by atoms with Crippen LogP contribution >= 0.6 is 15.9 Å². The number of anilines is 1. The molecule has 0 bridgehead atoms. The Morgan fingerprint density at radius 2 is 1.51 bits per heavy atom. The first-order valence-corrected chi connectivity index (χ1v) is 12.5. The molecule has 1 N–H and O–H groups in total. The number of rotatable bonds is 9. The SMILES string of the molecule is CCOc1ccc(/C=C2\C(=O)NC(=O)N(c3ccc(OCc4ccc(Br)cc4)cc3)C2=O)cc1OCC. The highest BCUT2D eigenvalue weighted by molar-refractivity contribution is 9.10. The van der Waals surface area contributed by atoms with Gasteiger partial charge >= 0.3 is 6.03 Å². The smallest absolute Gasteiger partial charge is 0.335 e. The van der Waals surface area contributed by atoms with Crippen molar-refractivity contribution in [3.8, 4) is 17.2 Å². The van der Waals surface area contributed by atoms with Crippen molar-refractivity contribution < 1.29 is 28.6 Å². The molecule has 0 aliphatic carbocycles. The van der Waals surface area contributed by atoms with Crippen LogP contribution in [0, 0.1) is 0 Å². The highest BCUT2D eigenvalue weighted by Crippen LogP contribution is 2.30. The number of urea groups is 1. The number of nitrogens with one attached hydrogen (secondary N) is 1. The summed E-state index contributed by atoms with van der Waals surface area (Å²) in [7, 11) is 0. The summed E-state index contributed by atoms with van der Waals surface area (Å²) in [5.41, 5.74) is 1.67. The molecule has 0 aromatic heterocycles. The molecular weight excluding hydrogens is 540 g/mol. The molecule has 4 amide bonds. The number of hydrogen-bond acceptors (Lipinski definition) is 6. The van der Waals surface area contributed by atoms with Gasteiger partial charge in [-0.05, 0) is 79.6 Å². The van der Waals surface area contributed by atoms with Crippen LogP contribution in [0.2, 0.25) is 0 Å². The van der Waals surface area contributed by atoms with Crippen molar-refractivity contribution in [2.24, 2.45) is 0 Å². The molecule has 190 valence electrons. The third kappa shape index (κ3) is 6.18. The summed E-state index contributed by atoms with van der Waals surface area (Å²) in [6, 6.07) is 18.5. The third-order valence-electron chi connectivity index (χ3n) is 5.39. The normalized spacial score (nSPS) is 14.5. The van der Waals surface area contributed by atoms with E-state index < -0.39 is 17.8 Å². The van der Waals surface area contributed by atoms with E-state index >= 15 is 0 Å². The number of hydrogen-bond donors (Lipinski definition) is 1. The summed E-state index contributed by atoms with van der Waals surface area (Å²) in [5.74, 6) is 0.122. The molecule has 0 radical (unpaired) electrons. The molecule has 1 saturated heterocycles. The fourth-order valence-electron chi connectivity index (χ4n) is 3.65. The summed E-state index contributed by atoms with van der Waals surface area (Å²) in [5, 5.41) is 2.23. The predicted octanol–water partition coefficient (Wildman–Crippen LogP) is 5.49. The number of amides is 4. The molecule has 1 fully saturated rings. The lowest BCUT2D eigenvalue weighted by Crippen LogP contribution is -2.54. The molecule has 8 nitrogen and oxygen atoms in total. The molecule has 37 heavy (non-hydrogen) atoms. The van der Waals surface area contributed by atoms with Crippen LogP contribution in [0.4, 0.5) is 10.5 Å². The Morgan fingerprint density at radius 3 is 2.19 bits per heavy atom. The molecule has 1 heterocycles. The first-order chi connectivity index (χ1) is 17.9. The van der Waals surface area contributed by atoms with Crippen LogP contribution in [-0.2, 0) is 16.2 Å². The standard InChI is InChI=1S/C28H25BrN2O6/c1-3-35-24-14-7-19(16-25(24)36-4-2)15-23-26(32)30-28(34)31(27(23)33)21-10-12-22(13-11-21)37-17-18-5-8-20(29)9-6-18/h5-16H,3-4,17H2,1-2H3,(H,30,32,34)/b23-15+. The maximum atomic E-state index is 13.2. The Balaban J connectivity index is 1.54. The van der Waals surface area contributed by atoms with E-state index in [-0.39, 0.29) is 5.57 Å². The van der Waals surface area contributed by atoms with Gasteiger partial charge < -0.3 is 14.2 Å². The van der Waals surface area contributed by atoms with Gasteiger partial charge in [0.2, 0.25) is 0 Å². The Hall–Kier alpha value is -4.11. The van der Waals surface area contributed by atoms with Crippen molar-refractivity contribution in [1.82, 2.24) is 5.32 Å². The molecule has 3 aromatic carbocycles. The molecule has 0 atom stereocenters. The van der Waals surface area contributed by atoms with Crippen molar-refractivity contribution >= 4 is 45.5 Å². The van der Waals surface area contributed by atoms with E-state index in [0.717, 1.165) is 14.9 Å². The maximum Gasteiger partial charge on any atom is 0.335 e. The quantitative estimate of drug-likeness (QED) is 0.273. The Kier molecular flexibility index (Phi) is 8.25. The molecule has 0 saturated carbocycles. The lowest BCUT2D eigenvalue weighted by molar-refractivity contribution is -0.122. The summed E-state index contributed by atoms with van der Waals surface area (Å²) in [6.07, 6.45) is 1.42. The second kappa shape index (κ2) is 11.7. The van der Waals surface area contributed by atoms with Gasteiger partial charge in [-0.2, -0.15) is 0 Å². The maximum absolute atomic E-state index is 13.2. The molecule has 0 unspecified atom stereocenters. The van der Waals surface area contributed by atoms with E-state index in [4.69, 9.17) is 14.2 Å². The van der Waals surface area contributed by atoms with Gasteiger partial charge in [0.1, 0.15) is 17.9 Å². The lowest BCUT2D eigenvalue weighted by atomic mass is 10.1. The second-order valence-corrected chi connectivity index (χ2v) is 8.85. The number of barbiturate groups is 1. The van der Waals surface area contributed by atoms with Gasteiger partial charge in [0.05, 0.1) is 18.9 Å². The number of carbonyl (C=O) groups is 3. The Labute approximate surface area is 223 Å². The summed E-state index contributed by atoms with van der Waals surface area (Å²) < 4.78 is 18.0. The highest BCUT2D eigenvalue weighted by atomic mass is 79.9. The average molecular weight is 565 g/mol. The van der Waals surface area contributed by atoms with E-state index in [1.165, 1.54) is 6.08 Å². The van der Waals surface area contributed by atoms with E-state index in [1.54, 1.807) is 42.5 Å². The largest absolute Gasteiger partial charge is 0.490 e. The van der Waals surface area contributed by atoms with E-state index in [0.29, 0.717) is 48.3 Å². The summed E-state index contributed by atoms with van der Waals surface area (Å²) >= 11 is 3.40. The fourth-order valence-corrected chi connectivity index (χ4v) is 3.92. The molecular formula is C28H25BrN2O6. The molecule has 1 aliphatic rings. The van der Waals surface area contributed by atoms with Crippen LogP contribution in [0.1, 0.15) is 25.0 Å². The molecule has 1 aliphatic heterocycles. The van der Waals surface area contributed by atoms with Crippen LogP contribution in [0.15, 0.2) is 76.8 Å². The number of halogens is 1. The van der Waals surface area contributed by atoms with Crippen LogP contribution < -0.4 is 24.4 Å². The van der Waals surface area contributed by atoms with Gasteiger partial charge in [0.25, 0.3) is 11.8 Å². The zero-order valence-electron chi connectivity index (χ0n) is 20.3. The summed E-state index contributed by atoms with van der Waals surface area (Å²) in [6.45, 7) is 4.96. The van der Waals surface area contributed by atoms with Gasteiger partial charge in [-0.15, -0.1) is 0 Å². The minimum absolute atomic E-state index is 0.179. The second-order valence-electron chi connectivity index (χ2n) is 7.94.